The van der Waals surface area contributed by atoms with E-state index in [-0.39, 0.29) is 30.1 Å². The van der Waals surface area contributed by atoms with E-state index < -0.39 is 9.84 Å². The van der Waals surface area contributed by atoms with E-state index in [0.29, 0.717) is 23.6 Å². The molecule has 24 heavy (non-hydrogen) atoms. The third kappa shape index (κ3) is 6.42. The molecule has 1 aliphatic rings. The van der Waals surface area contributed by atoms with Crippen LogP contribution in [-0.4, -0.2) is 33.2 Å². The fraction of sp³-hybridized carbons (Fsp3) is 0.588. The molecule has 0 heterocycles. The Morgan fingerprint density at radius 2 is 1.79 bits per heavy atom. The average molecular weight is 375 g/mol. The molecule has 5 nitrogen and oxygen atoms in total. The number of benzene rings is 1. The maximum Gasteiger partial charge on any atom is 0.251 e. The van der Waals surface area contributed by atoms with Crippen LogP contribution in [0.25, 0.3) is 0 Å². The van der Waals surface area contributed by atoms with Gasteiger partial charge in [0.15, 0.2) is 9.84 Å². The van der Waals surface area contributed by atoms with E-state index in [1.807, 2.05) is 0 Å². The van der Waals surface area contributed by atoms with Gasteiger partial charge < -0.3 is 11.1 Å². The maximum absolute atomic E-state index is 12.4. The van der Waals surface area contributed by atoms with Crippen LogP contribution in [0.2, 0.25) is 0 Å². The van der Waals surface area contributed by atoms with Crippen molar-refractivity contribution in [3.8, 4) is 0 Å². The van der Waals surface area contributed by atoms with Gasteiger partial charge in [0, 0.05) is 24.4 Å². The Bertz CT molecular complexity index is 626. The predicted molar refractivity (Wildman–Crippen MR) is 99.1 cm³/mol. The fourth-order valence-corrected chi connectivity index (χ4v) is 4.01. The van der Waals surface area contributed by atoms with Crippen molar-refractivity contribution in [1.29, 1.82) is 0 Å². The van der Waals surface area contributed by atoms with Crippen molar-refractivity contribution in [3.63, 3.8) is 0 Å². The van der Waals surface area contributed by atoms with Crippen LogP contribution in [0.15, 0.2) is 24.3 Å². The van der Waals surface area contributed by atoms with Crippen molar-refractivity contribution in [2.75, 3.05) is 12.8 Å². The number of carbonyl (C=O) groups excluding carboxylic acids is 1. The molecular formula is C17H27ClN2O3S. The molecule has 1 amide bonds. The van der Waals surface area contributed by atoms with Gasteiger partial charge in [0.1, 0.15) is 0 Å². The lowest BCUT2D eigenvalue weighted by Crippen LogP contribution is -2.45. The summed E-state index contributed by atoms with van der Waals surface area (Å²) in [5, 5.41) is 3.04. The van der Waals surface area contributed by atoms with Gasteiger partial charge in [-0.05, 0) is 36.5 Å². The van der Waals surface area contributed by atoms with Crippen molar-refractivity contribution >= 4 is 28.2 Å². The van der Waals surface area contributed by atoms with Crippen molar-refractivity contribution in [2.45, 2.75) is 43.9 Å². The normalized spacial score (nSPS) is 16.9. The summed E-state index contributed by atoms with van der Waals surface area (Å²) in [6.07, 6.45) is 7.12. The van der Waals surface area contributed by atoms with E-state index in [1.165, 1.54) is 25.5 Å². The second-order valence-electron chi connectivity index (χ2n) is 6.48. The Morgan fingerprint density at radius 3 is 2.29 bits per heavy atom. The minimum Gasteiger partial charge on any atom is -0.348 e. The summed E-state index contributed by atoms with van der Waals surface area (Å²) in [4.78, 5) is 12.4. The lowest BCUT2D eigenvalue weighted by atomic mass is 9.84. The summed E-state index contributed by atoms with van der Waals surface area (Å²) in [7, 11) is -3.06. The van der Waals surface area contributed by atoms with E-state index in [4.69, 9.17) is 5.73 Å². The molecular weight excluding hydrogens is 348 g/mol. The smallest absolute Gasteiger partial charge is 0.251 e. The Hall–Kier alpha value is -1.11. The Morgan fingerprint density at radius 1 is 1.21 bits per heavy atom. The monoisotopic (exact) mass is 374 g/mol. The number of nitrogens with one attached hydrogen (secondary N) is 1. The Kier molecular flexibility index (Phi) is 8.19. The van der Waals surface area contributed by atoms with Crippen LogP contribution in [-0.2, 0) is 15.6 Å². The highest BCUT2D eigenvalue weighted by Crippen LogP contribution is 2.26. The first-order valence-electron chi connectivity index (χ1n) is 8.16. The van der Waals surface area contributed by atoms with Gasteiger partial charge in [-0.25, -0.2) is 8.42 Å². The van der Waals surface area contributed by atoms with Crippen LogP contribution in [0, 0.1) is 5.92 Å². The summed E-state index contributed by atoms with van der Waals surface area (Å²) in [5.74, 6) is 0.307. The highest BCUT2D eigenvalue weighted by atomic mass is 35.5. The first-order valence-corrected chi connectivity index (χ1v) is 10.2. The van der Waals surface area contributed by atoms with Gasteiger partial charge in [-0.2, -0.15) is 0 Å². The molecule has 2 rings (SSSR count). The van der Waals surface area contributed by atoms with Crippen molar-refractivity contribution < 1.29 is 13.2 Å². The van der Waals surface area contributed by atoms with E-state index in [2.05, 4.69) is 5.32 Å². The first-order chi connectivity index (χ1) is 10.9. The number of sulfone groups is 1. The molecule has 136 valence electrons. The van der Waals surface area contributed by atoms with Crippen LogP contribution >= 0.6 is 12.4 Å². The number of rotatable bonds is 6. The Labute approximate surface area is 150 Å². The van der Waals surface area contributed by atoms with E-state index >= 15 is 0 Å². The number of hydrogen-bond acceptors (Lipinski definition) is 4. The number of carbonyl (C=O) groups is 1. The van der Waals surface area contributed by atoms with Crippen LogP contribution in [0.1, 0.15) is 48.0 Å². The zero-order valence-corrected chi connectivity index (χ0v) is 15.7. The van der Waals surface area contributed by atoms with Gasteiger partial charge in [-0.3, -0.25) is 4.79 Å². The largest absolute Gasteiger partial charge is 0.348 e. The maximum atomic E-state index is 12.4. The molecule has 3 N–H and O–H groups in total. The van der Waals surface area contributed by atoms with Crippen molar-refractivity contribution in [1.82, 2.24) is 5.32 Å². The minimum atomic E-state index is -3.06. The summed E-state index contributed by atoms with van der Waals surface area (Å²) >= 11 is 0. The molecule has 1 fully saturated rings. The average Bonchev–Trinajstić information content (AvgIpc) is 2.52. The number of hydrogen-bond donors (Lipinski definition) is 2. The first kappa shape index (κ1) is 20.9. The molecule has 1 unspecified atom stereocenters. The zero-order chi connectivity index (χ0) is 16.9. The molecule has 1 saturated carbocycles. The summed E-state index contributed by atoms with van der Waals surface area (Å²) in [5.41, 5.74) is 7.07. The van der Waals surface area contributed by atoms with Gasteiger partial charge in [0.2, 0.25) is 0 Å². The molecule has 0 aliphatic heterocycles. The third-order valence-electron chi connectivity index (χ3n) is 4.43. The standard InChI is InChI=1S/C17H26N2O3S.ClH/c1-23(21,22)12-13-7-9-15(10-8-13)17(20)19-16(11-18)14-5-3-2-4-6-14;/h7-10,14,16H,2-6,11-12,18H2,1H3,(H,19,20);1H. The van der Waals surface area contributed by atoms with Gasteiger partial charge in [0.05, 0.1) is 5.75 Å². The number of halogens is 1. The quantitative estimate of drug-likeness (QED) is 0.799. The molecule has 0 radical (unpaired) electrons. The SMILES string of the molecule is CS(=O)(=O)Cc1ccc(C(=O)NC(CN)C2CCCCC2)cc1.Cl. The Balaban J connectivity index is 0.00000288. The molecule has 1 aromatic carbocycles. The van der Waals surface area contributed by atoms with Gasteiger partial charge in [0.25, 0.3) is 5.91 Å². The molecule has 7 heteroatoms. The van der Waals surface area contributed by atoms with E-state index in [9.17, 15) is 13.2 Å². The highest BCUT2D eigenvalue weighted by Gasteiger charge is 2.24. The zero-order valence-electron chi connectivity index (χ0n) is 14.0. The van der Waals surface area contributed by atoms with Crippen LogP contribution in [0.5, 0.6) is 0 Å². The van der Waals surface area contributed by atoms with Crippen molar-refractivity contribution in [2.24, 2.45) is 11.7 Å². The summed E-state index contributed by atoms with van der Waals surface area (Å²) < 4.78 is 22.6. The molecule has 1 atom stereocenters. The molecule has 0 bridgehead atoms. The third-order valence-corrected chi connectivity index (χ3v) is 5.29. The number of nitrogens with two attached hydrogens (primary N) is 1. The predicted octanol–water partition coefficient (Wildman–Crippen LogP) is 2.29. The lowest BCUT2D eigenvalue weighted by molar-refractivity contribution is 0.0915. The molecule has 0 saturated heterocycles. The molecule has 1 aromatic rings. The summed E-state index contributed by atoms with van der Waals surface area (Å²) in [6.45, 7) is 0.447. The molecule has 1 aliphatic carbocycles. The lowest BCUT2D eigenvalue weighted by Gasteiger charge is -2.30. The summed E-state index contributed by atoms with van der Waals surface area (Å²) in [6, 6.07) is 6.73. The van der Waals surface area contributed by atoms with Crippen LogP contribution in [0.3, 0.4) is 0 Å². The molecule has 0 aromatic heterocycles. The van der Waals surface area contributed by atoms with Gasteiger partial charge in [-0.1, -0.05) is 31.4 Å². The van der Waals surface area contributed by atoms with Gasteiger partial charge >= 0.3 is 0 Å². The van der Waals surface area contributed by atoms with E-state index in [1.54, 1.807) is 24.3 Å². The second kappa shape index (κ2) is 9.39. The fourth-order valence-electron chi connectivity index (χ4n) is 3.21. The van der Waals surface area contributed by atoms with E-state index in [0.717, 1.165) is 12.8 Å². The van der Waals surface area contributed by atoms with Crippen LogP contribution < -0.4 is 11.1 Å². The second-order valence-corrected chi connectivity index (χ2v) is 8.62. The number of amides is 1. The molecule has 0 spiro atoms. The highest BCUT2D eigenvalue weighted by molar-refractivity contribution is 7.89. The minimum absolute atomic E-state index is 0. The van der Waals surface area contributed by atoms with Crippen LogP contribution in [0.4, 0.5) is 0 Å². The van der Waals surface area contributed by atoms with Gasteiger partial charge in [-0.15, -0.1) is 12.4 Å². The topological polar surface area (TPSA) is 89.3 Å². The van der Waals surface area contributed by atoms with Crippen molar-refractivity contribution in [3.05, 3.63) is 35.4 Å².